The third-order valence-corrected chi connectivity index (χ3v) is 1.50. The fourth-order valence-corrected chi connectivity index (χ4v) is 0.607. The first-order chi connectivity index (χ1) is 8.60. The number of carbonyl (C=O) groups is 2. The molecule has 0 aromatic rings. The Kier molecular flexibility index (Phi) is 6.24. The van der Waals surface area contributed by atoms with E-state index >= 15 is 0 Å². The van der Waals surface area contributed by atoms with Crippen molar-refractivity contribution < 1.29 is 41.0 Å². The smallest absolute Gasteiger partial charge is 0.456 e. The van der Waals surface area contributed by atoms with Crippen LogP contribution in [-0.4, -0.2) is 37.3 Å². The van der Waals surface area contributed by atoms with Gasteiger partial charge in [0, 0.05) is 11.8 Å². The molecule has 0 N–H and O–H groups in total. The van der Waals surface area contributed by atoms with Crippen LogP contribution in [0.4, 0.5) is 22.0 Å². The maximum absolute atomic E-state index is 12.3. The molecule has 0 aromatic heterocycles. The van der Waals surface area contributed by atoms with Crippen LogP contribution in [0.2, 0.25) is 0 Å². The lowest BCUT2D eigenvalue weighted by Gasteiger charge is -2.18. The molecule has 0 atom stereocenters. The highest BCUT2D eigenvalue weighted by Crippen LogP contribution is 2.35. The van der Waals surface area contributed by atoms with Crippen LogP contribution in [0, 0.1) is 11.8 Å². The van der Waals surface area contributed by atoms with E-state index in [1.54, 1.807) is 12.8 Å². The minimum Gasteiger partial charge on any atom is -0.456 e. The van der Waals surface area contributed by atoms with Gasteiger partial charge in [-0.3, -0.25) is 0 Å². The highest BCUT2D eigenvalue weighted by atomic mass is 19.4. The van der Waals surface area contributed by atoms with E-state index in [2.05, 4.69) is 9.47 Å². The first-order valence-corrected chi connectivity index (χ1v) is 4.90. The molecule has 0 saturated carbocycles. The molecule has 0 unspecified atom stereocenters. The summed E-state index contributed by atoms with van der Waals surface area (Å²) in [5, 5.41) is 0. The van der Waals surface area contributed by atoms with Gasteiger partial charge in [-0.2, -0.15) is 22.0 Å². The van der Waals surface area contributed by atoms with E-state index in [4.69, 9.17) is 0 Å². The minimum atomic E-state index is -5.83. The van der Waals surface area contributed by atoms with Gasteiger partial charge in [0.05, 0.1) is 6.61 Å². The molecule has 0 aliphatic rings. The first-order valence-electron chi connectivity index (χ1n) is 4.90. The molecule has 0 spiro atoms. The topological polar surface area (TPSA) is 52.6 Å². The van der Waals surface area contributed by atoms with Crippen molar-refractivity contribution in [2.24, 2.45) is 0 Å². The van der Waals surface area contributed by atoms with Gasteiger partial charge in [-0.1, -0.05) is 6.92 Å². The molecular weight excluding hydrogens is 279 g/mol. The van der Waals surface area contributed by atoms with Crippen molar-refractivity contribution in [1.82, 2.24) is 0 Å². The zero-order chi connectivity index (χ0) is 15.1. The summed E-state index contributed by atoms with van der Waals surface area (Å²) >= 11 is 0. The zero-order valence-electron chi connectivity index (χ0n) is 9.64. The Balaban J connectivity index is 4.28. The van der Waals surface area contributed by atoms with Crippen LogP contribution in [0.3, 0.4) is 0 Å². The van der Waals surface area contributed by atoms with Crippen LogP contribution < -0.4 is 0 Å². The molecule has 0 aliphatic heterocycles. The monoisotopic (exact) mass is 288 g/mol. The number of alkyl halides is 5. The normalized spacial score (nSPS) is 11.3. The standard InChI is InChI=1S/C10H9F5O4/c1-2-5-18-7(16)3-4-8(17)19-6-9(11,12)10(13,14)15/h2,5-6H2,1H3. The molecule has 0 amide bonds. The Morgan fingerprint density at radius 1 is 1.00 bits per heavy atom. The van der Waals surface area contributed by atoms with Gasteiger partial charge < -0.3 is 9.47 Å². The predicted molar refractivity (Wildman–Crippen MR) is 51.0 cm³/mol. The average Bonchev–Trinajstić information content (AvgIpc) is 2.29. The number of esters is 2. The Labute approximate surface area is 104 Å². The second kappa shape index (κ2) is 6.92. The van der Waals surface area contributed by atoms with Crippen molar-refractivity contribution in [2.75, 3.05) is 13.2 Å². The summed E-state index contributed by atoms with van der Waals surface area (Å²) < 4.78 is 67.7. The van der Waals surface area contributed by atoms with Crippen molar-refractivity contribution in [2.45, 2.75) is 25.4 Å². The van der Waals surface area contributed by atoms with Crippen molar-refractivity contribution in [3.63, 3.8) is 0 Å². The molecule has 0 fully saturated rings. The summed E-state index contributed by atoms with van der Waals surface area (Å²) in [6.07, 6.45) is -5.34. The zero-order valence-corrected chi connectivity index (χ0v) is 9.64. The molecule has 0 rings (SSSR count). The lowest BCUT2D eigenvalue weighted by molar-refractivity contribution is -0.293. The number of halogens is 5. The van der Waals surface area contributed by atoms with E-state index in [-0.39, 0.29) is 6.61 Å². The molecule has 0 aliphatic carbocycles. The first kappa shape index (κ1) is 17.2. The van der Waals surface area contributed by atoms with Crippen LogP contribution in [0.5, 0.6) is 0 Å². The maximum atomic E-state index is 12.3. The van der Waals surface area contributed by atoms with Crippen molar-refractivity contribution in [3.8, 4) is 11.8 Å². The van der Waals surface area contributed by atoms with Gasteiger partial charge in [-0.15, -0.1) is 0 Å². The number of hydrogen-bond acceptors (Lipinski definition) is 4. The molecule has 4 nitrogen and oxygen atoms in total. The summed E-state index contributed by atoms with van der Waals surface area (Å²) in [6.45, 7) is -0.475. The second-order valence-electron chi connectivity index (χ2n) is 3.16. The second-order valence-corrected chi connectivity index (χ2v) is 3.16. The van der Waals surface area contributed by atoms with Gasteiger partial charge >= 0.3 is 24.0 Å². The van der Waals surface area contributed by atoms with Gasteiger partial charge in [-0.25, -0.2) is 9.59 Å². The van der Waals surface area contributed by atoms with Crippen LogP contribution in [0.1, 0.15) is 13.3 Å². The summed E-state index contributed by atoms with van der Waals surface area (Å²) in [4.78, 5) is 21.4. The van der Waals surface area contributed by atoms with E-state index in [9.17, 15) is 31.5 Å². The van der Waals surface area contributed by atoms with Gasteiger partial charge in [-0.05, 0) is 6.42 Å². The quantitative estimate of drug-likeness (QED) is 0.342. The maximum Gasteiger partial charge on any atom is 0.456 e. The van der Waals surface area contributed by atoms with Crippen molar-refractivity contribution >= 4 is 11.9 Å². The molecule has 0 heterocycles. The van der Waals surface area contributed by atoms with Gasteiger partial charge in [0.2, 0.25) is 0 Å². The Morgan fingerprint density at radius 2 is 1.47 bits per heavy atom. The van der Waals surface area contributed by atoms with Gasteiger partial charge in [0.1, 0.15) is 0 Å². The Bertz CT molecular complexity index is 391. The molecule has 0 saturated heterocycles. The number of hydrogen-bond donors (Lipinski definition) is 0. The van der Waals surface area contributed by atoms with Crippen LogP contribution in [0.25, 0.3) is 0 Å². The summed E-state index contributed by atoms with van der Waals surface area (Å²) in [5.74, 6) is -4.96. The van der Waals surface area contributed by atoms with E-state index in [1.807, 2.05) is 0 Å². The Morgan fingerprint density at radius 3 is 1.89 bits per heavy atom. The lowest BCUT2D eigenvalue weighted by atomic mass is 10.3. The molecule has 0 aromatic carbocycles. The van der Waals surface area contributed by atoms with Crippen LogP contribution in [-0.2, 0) is 19.1 Å². The SMILES string of the molecule is CCCOC(=O)C#CC(=O)OCC(F)(F)C(F)(F)F. The highest BCUT2D eigenvalue weighted by Gasteiger charge is 2.58. The summed E-state index contributed by atoms with van der Waals surface area (Å²) in [5.41, 5.74) is 0. The van der Waals surface area contributed by atoms with Crippen molar-refractivity contribution in [1.29, 1.82) is 0 Å². The van der Waals surface area contributed by atoms with Crippen LogP contribution >= 0.6 is 0 Å². The van der Waals surface area contributed by atoms with E-state index in [0.29, 0.717) is 6.42 Å². The summed E-state index contributed by atoms with van der Waals surface area (Å²) in [7, 11) is 0. The minimum absolute atomic E-state index is 0.0364. The van der Waals surface area contributed by atoms with E-state index in [1.165, 1.54) is 5.92 Å². The predicted octanol–water partition coefficient (Wildman–Crippen LogP) is 1.68. The van der Waals surface area contributed by atoms with E-state index < -0.39 is 30.6 Å². The number of ether oxygens (including phenoxy) is 2. The van der Waals surface area contributed by atoms with E-state index in [0.717, 1.165) is 0 Å². The fourth-order valence-electron chi connectivity index (χ4n) is 0.607. The summed E-state index contributed by atoms with van der Waals surface area (Å²) in [6, 6.07) is 0. The third-order valence-electron chi connectivity index (χ3n) is 1.50. The molecule has 9 heteroatoms. The fraction of sp³-hybridized carbons (Fsp3) is 0.600. The molecular formula is C10H9F5O4. The highest BCUT2D eigenvalue weighted by molar-refractivity contribution is 5.98. The lowest BCUT2D eigenvalue weighted by Crippen LogP contribution is -2.41. The van der Waals surface area contributed by atoms with Gasteiger partial charge in [0.15, 0.2) is 6.61 Å². The van der Waals surface area contributed by atoms with Crippen LogP contribution in [0.15, 0.2) is 0 Å². The molecule has 0 radical (unpaired) electrons. The number of rotatable bonds is 4. The largest absolute Gasteiger partial charge is 0.456 e. The molecule has 108 valence electrons. The third kappa shape index (κ3) is 6.59. The average molecular weight is 288 g/mol. The molecule has 0 bridgehead atoms. The van der Waals surface area contributed by atoms with Gasteiger partial charge in [0.25, 0.3) is 0 Å². The Hall–Kier alpha value is -1.85. The van der Waals surface area contributed by atoms with Crippen molar-refractivity contribution in [3.05, 3.63) is 0 Å². The number of carbonyl (C=O) groups excluding carboxylic acids is 2. The molecule has 19 heavy (non-hydrogen) atoms.